The quantitative estimate of drug-likeness (QED) is 0.527. The molecule has 0 fully saturated rings. The number of aromatic nitrogens is 3. The first-order chi connectivity index (χ1) is 13.2. The summed E-state index contributed by atoms with van der Waals surface area (Å²) in [7, 11) is 0. The Hall–Kier alpha value is -2.96. The van der Waals surface area contributed by atoms with Crippen molar-refractivity contribution < 1.29 is 4.79 Å². The molecule has 5 nitrogen and oxygen atoms in total. The maximum absolute atomic E-state index is 12.5. The molecule has 1 N–H and O–H groups in total. The van der Waals surface area contributed by atoms with Crippen molar-refractivity contribution in [3.63, 3.8) is 0 Å². The van der Waals surface area contributed by atoms with Crippen molar-refractivity contribution in [3.05, 3.63) is 94.2 Å². The van der Waals surface area contributed by atoms with Crippen LogP contribution in [0.2, 0.25) is 5.02 Å². The lowest BCUT2D eigenvalue weighted by Crippen LogP contribution is -2.10. The molecule has 7 heteroatoms. The van der Waals surface area contributed by atoms with Crippen molar-refractivity contribution in [1.29, 1.82) is 0 Å². The molecule has 2 heterocycles. The molecule has 2 aromatic carbocycles. The largest absolute Gasteiger partial charge is 0.298 e. The lowest BCUT2D eigenvalue weighted by Gasteiger charge is -2.01. The van der Waals surface area contributed by atoms with Crippen LogP contribution in [0.1, 0.15) is 20.8 Å². The van der Waals surface area contributed by atoms with Crippen molar-refractivity contribution in [1.82, 2.24) is 14.8 Å². The molecule has 0 unspecified atom stereocenters. The van der Waals surface area contributed by atoms with Crippen LogP contribution in [0.3, 0.4) is 0 Å². The third-order valence-electron chi connectivity index (χ3n) is 3.96. The number of para-hydroxylation sites is 1. The Morgan fingerprint density at radius 1 is 1.07 bits per heavy atom. The first-order valence-electron chi connectivity index (χ1n) is 8.28. The van der Waals surface area contributed by atoms with E-state index >= 15 is 0 Å². The fourth-order valence-corrected chi connectivity index (χ4v) is 3.64. The summed E-state index contributed by atoms with van der Waals surface area (Å²) in [5, 5.41) is 8.35. The number of hydrogen-bond donors (Lipinski definition) is 1. The van der Waals surface area contributed by atoms with E-state index in [9.17, 15) is 4.79 Å². The van der Waals surface area contributed by atoms with E-state index in [1.165, 1.54) is 11.3 Å². The van der Waals surface area contributed by atoms with Crippen LogP contribution in [0.15, 0.2) is 73.2 Å². The van der Waals surface area contributed by atoms with Gasteiger partial charge in [0.25, 0.3) is 5.91 Å². The second kappa shape index (κ2) is 7.73. The average molecular weight is 395 g/mol. The van der Waals surface area contributed by atoms with Gasteiger partial charge in [0.15, 0.2) is 5.13 Å². The molecule has 0 aliphatic carbocycles. The summed E-state index contributed by atoms with van der Waals surface area (Å²) in [4.78, 5) is 17.8. The second-order valence-corrected chi connectivity index (χ2v) is 7.39. The minimum Gasteiger partial charge on any atom is -0.298 e. The van der Waals surface area contributed by atoms with Gasteiger partial charge in [0.2, 0.25) is 0 Å². The molecule has 1 amide bonds. The van der Waals surface area contributed by atoms with Crippen LogP contribution in [0.25, 0.3) is 5.69 Å². The lowest BCUT2D eigenvalue weighted by atomic mass is 10.1. The molecule has 4 rings (SSSR count). The predicted molar refractivity (Wildman–Crippen MR) is 108 cm³/mol. The summed E-state index contributed by atoms with van der Waals surface area (Å²) in [5.41, 5.74) is 2.40. The van der Waals surface area contributed by atoms with Gasteiger partial charge >= 0.3 is 0 Å². The van der Waals surface area contributed by atoms with Gasteiger partial charge in [-0.05, 0) is 23.8 Å². The second-order valence-electron chi connectivity index (χ2n) is 5.86. The summed E-state index contributed by atoms with van der Waals surface area (Å²) in [6.07, 6.45) is 5.68. The third kappa shape index (κ3) is 4.07. The van der Waals surface area contributed by atoms with Gasteiger partial charge in [0, 0.05) is 28.7 Å². The molecule has 0 saturated heterocycles. The summed E-state index contributed by atoms with van der Waals surface area (Å²) in [5.74, 6) is -0.240. The highest BCUT2D eigenvalue weighted by molar-refractivity contribution is 7.15. The zero-order valence-corrected chi connectivity index (χ0v) is 15.7. The monoisotopic (exact) mass is 394 g/mol. The number of thiazole rings is 1. The summed E-state index contributed by atoms with van der Waals surface area (Å²) in [6, 6.07) is 17.3. The number of halogens is 1. The molecule has 0 spiro atoms. The molecule has 0 bridgehead atoms. The van der Waals surface area contributed by atoms with Crippen molar-refractivity contribution in [2.24, 2.45) is 0 Å². The predicted octanol–water partition coefficient (Wildman–Crippen LogP) is 4.83. The fourth-order valence-electron chi connectivity index (χ4n) is 2.61. The van der Waals surface area contributed by atoms with E-state index in [1.807, 2.05) is 54.6 Å². The van der Waals surface area contributed by atoms with Gasteiger partial charge in [-0.25, -0.2) is 9.67 Å². The number of carbonyl (C=O) groups is 1. The molecule has 0 saturated carbocycles. The Morgan fingerprint density at radius 3 is 2.67 bits per heavy atom. The van der Waals surface area contributed by atoms with Crippen LogP contribution in [0.5, 0.6) is 0 Å². The normalized spacial score (nSPS) is 10.7. The Bertz CT molecular complexity index is 1070. The fraction of sp³-hybridized carbons (Fsp3) is 0.0500. The minimum atomic E-state index is -0.240. The van der Waals surface area contributed by atoms with Crippen molar-refractivity contribution in [2.45, 2.75) is 6.42 Å². The number of nitrogens with one attached hydrogen (secondary N) is 1. The van der Waals surface area contributed by atoms with E-state index in [0.717, 1.165) is 21.2 Å². The smallest absolute Gasteiger partial charge is 0.260 e. The van der Waals surface area contributed by atoms with Crippen LogP contribution < -0.4 is 5.32 Å². The highest BCUT2D eigenvalue weighted by Crippen LogP contribution is 2.25. The SMILES string of the molecule is O=C(Nc1ncc(Cc2ccccc2Cl)s1)c1cnn(-c2ccccc2)c1. The van der Waals surface area contributed by atoms with E-state index < -0.39 is 0 Å². The molecule has 0 radical (unpaired) electrons. The molecule has 0 aliphatic rings. The van der Waals surface area contributed by atoms with Crippen LogP contribution in [-0.4, -0.2) is 20.7 Å². The van der Waals surface area contributed by atoms with Gasteiger partial charge in [-0.1, -0.05) is 48.0 Å². The summed E-state index contributed by atoms with van der Waals surface area (Å²) < 4.78 is 1.67. The number of hydrogen-bond acceptors (Lipinski definition) is 4. The number of nitrogens with zero attached hydrogens (tertiary/aromatic N) is 3. The topological polar surface area (TPSA) is 59.8 Å². The van der Waals surface area contributed by atoms with E-state index in [4.69, 9.17) is 11.6 Å². The molecule has 0 atom stereocenters. The van der Waals surface area contributed by atoms with Crippen LogP contribution in [0.4, 0.5) is 5.13 Å². The summed E-state index contributed by atoms with van der Waals surface area (Å²) >= 11 is 7.64. The van der Waals surface area contributed by atoms with Crippen molar-refractivity contribution >= 4 is 34.0 Å². The van der Waals surface area contributed by atoms with Crippen molar-refractivity contribution in [2.75, 3.05) is 5.32 Å². The maximum atomic E-state index is 12.5. The van der Waals surface area contributed by atoms with E-state index in [2.05, 4.69) is 15.4 Å². The molecule has 134 valence electrons. The third-order valence-corrected chi connectivity index (χ3v) is 5.24. The lowest BCUT2D eigenvalue weighted by molar-refractivity contribution is 0.102. The van der Waals surface area contributed by atoms with E-state index in [1.54, 1.807) is 23.3 Å². The Morgan fingerprint density at radius 2 is 1.85 bits per heavy atom. The Labute approximate surface area is 165 Å². The molecule has 27 heavy (non-hydrogen) atoms. The van der Waals surface area contributed by atoms with Gasteiger partial charge in [-0.3, -0.25) is 10.1 Å². The number of rotatable bonds is 5. The number of amides is 1. The highest BCUT2D eigenvalue weighted by atomic mass is 35.5. The minimum absolute atomic E-state index is 0.240. The van der Waals surface area contributed by atoms with Gasteiger partial charge in [-0.15, -0.1) is 11.3 Å². The van der Waals surface area contributed by atoms with Gasteiger partial charge in [-0.2, -0.15) is 5.10 Å². The molecular formula is C20H15ClN4OS. The first-order valence-corrected chi connectivity index (χ1v) is 9.48. The zero-order chi connectivity index (χ0) is 18.6. The van der Waals surface area contributed by atoms with E-state index in [0.29, 0.717) is 17.1 Å². The molecule has 0 aliphatic heterocycles. The first kappa shape index (κ1) is 17.5. The molecule has 4 aromatic rings. The number of carbonyl (C=O) groups excluding carboxylic acids is 1. The van der Waals surface area contributed by atoms with E-state index in [-0.39, 0.29) is 5.91 Å². The Balaban J connectivity index is 1.44. The molecule has 2 aromatic heterocycles. The van der Waals surface area contributed by atoms with Crippen LogP contribution in [-0.2, 0) is 6.42 Å². The van der Waals surface area contributed by atoms with Crippen molar-refractivity contribution in [3.8, 4) is 5.69 Å². The molecular weight excluding hydrogens is 380 g/mol. The maximum Gasteiger partial charge on any atom is 0.260 e. The average Bonchev–Trinajstić information content (AvgIpc) is 3.34. The van der Waals surface area contributed by atoms with Crippen LogP contribution >= 0.6 is 22.9 Å². The Kier molecular flexibility index (Phi) is 5.00. The van der Waals surface area contributed by atoms with Gasteiger partial charge in [0.1, 0.15) is 0 Å². The standard InChI is InChI=1S/C20H15ClN4OS/c21-18-9-5-4-6-14(18)10-17-12-22-20(27-17)24-19(26)15-11-23-25(13-15)16-7-2-1-3-8-16/h1-9,11-13H,10H2,(H,22,24,26). The number of anilines is 1. The highest BCUT2D eigenvalue weighted by Gasteiger charge is 2.12. The summed E-state index contributed by atoms with van der Waals surface area (Å²) in [6.45, 7) is 0. The van der Waals surface area contributed by atoms with Gasteiger partial charge < -0.3 is 0 Å². The van der Waals surface area contributed by atoms with Crippen LogP contribution in [0, 0.1) is 0 Å². The number of benzene rings is 2. The zero-order valence-electron chi connectivity index (χ0n) is 14.2. The van der Waals surface area contributed by atoms with Gasteiger partial charge in [0.05, 0.1) is 17.4 Å².